The molecule has 0 amide bonds. The zero-order chi connectivity index (χ0) is 12.8. The number of fused-ring (bicyclic) bond motifs is 3. The molecular weight excluding hydrogens is 236 g/mol. The van der Waals surface area contributed by atoms with Gasteiger partial charge in [0.05, 0.1) is 5.56 Å². The van der Waals surface area contributed by atoms with Crippen LogP contribution in [0.3, 0.4) is 0 Å². The van der Waals surface area contributed by atoms with Crippen molar-refractivity contribution in [3.05, 3.63) is 71.8 Å². The highest BCUT2D eigenvalue weighted by molar-refractivity contribution is 6.21. The molecule has 0 fully saturated rings. The smallest absolute Gasteiger partial charge is 0.197 e. The lowest BCUT2D eigenvalue weighted by Crippen LogP contribution is -1.93. The van der Waals surface area contributed by atoms with E-state index in [-0.39, 0.29) is 5.78 Å². The van der Waals surface area contributed by atoms with Gasteiger partial charge in [0.2, 0.25) is 0 Å². The van der Waals surface area contributed by atoms with Crippen molar-refractivity contribution in [2.24, 2.45) is 0 Å². The number of furan rings is 1. The van der Waals surface area contributed by atoms with E-state index in [0.717, 1.165) is 22.5 Å². The summed E-state index contributed by atoms with van der Waals surface area (Å²) in [6.07, 6.45) is 0. The van der Waals surface area contributed by atoms with Crippen LogP contribution in [0.1, 0.15) is 15.9 Å². The fraction of sp³-hybridized carbons (Fsp3) is 0. The highest BCUT2D eigenvalue weighted by atomic mass is 16.3. The van der Waals surface area contributed by atoms with Gasteiger partial charge in [-0.2, -0.15) is 0 Å². The Morgan fingerprint density at radius 3 is 2.21 bits per heavy atom. The summed E-state index contributed by atoms with van der Waals surface area (Å²) in [7, 11) is 0. The van der Waals surface area contributed by atoms with E-state index in [1.807, 2.05) is 60.7 Å². The van der Waals surface area contributed by atoms with Gasteiger partial charge < -0.3 is 4.42 Å². The Labute approximate surface area is 110 Å². The molecule has 0 atom stereocenters. The molecule has 1 heterocycles. The third kappa shape index (κ3) is 1.40. The maximum absolute atomic E-state index is 12.3. The van der Waals surface area contributed by atoms with E-state index in [4.69, 9.17) is 4.42 Å². The van der Waals surface area contributed by atoms with Crippen molar-refractivity contribution in [3.63, 3.8) is 0 Å². The van der Waals surface area contributed by atoms with Gasteiger partial charge in [-0.25, -0.2) is 0 Å². The van der Waals surface area contributed by atoms with Gasteiger partial charge in [0.25, 0.3) is 0 Å². The van der Waals surface area contributed by atoms with Crippen LogP contribution in [0.4, 0.5) is 0 Å². The van der Waals surface area contributed by atoms with Crippen molar-refractivity contribution >= 4 is 5.78 Å². The molecule has 1 aliphatic rings. The second-order valence-corrected chi connectivity index (χ2v) is 4.59. The molecule has 2 heteroatoms. The summed E-state index contributed by atoms with van der Waals surface area (Å²) in [4.78, 5) is 12.3. The van der Waals surface area contributed by atoms with E-state index >= 15 is 0 Å². The summed E-state index contributed by atoms with van der Waals surface area (Å²) in [5, 5.41) is 0. The number of carbonyl (C=O) groups excluding carboxylic acids is 1. The van der Waals surface area contributed by atoms with Gasteiger partial charge in [-0.1, -0.05) is 54.6 Å². The van der Waals surface area contributed by atoms with Crippen LogP contribution in [0, 0.1) is 0 Å². The third-order valence-corrected chi connectivity index (χ3v) is 3.45. The monoisotopic (exact) mass is 246 g/mol. The predicted octanol–water partition coefficient (Wildman–Crippen LogP) is 4.16. The quantitative estimate of drug-likeness (QED) is 0.505. The summed E-state index contributed by atoms with van der Waals surface area (Å²) in [6, 6.07) is 19.2. The first-order valence-electron chi connectivity index (χ1n) is 6.18. The molecule has 0 saturated carbocycles. The van der Waals surface area contributed by atoms with Gasteiger partial charge in [0, 0.05) is 16.7 Å². The number of benzene rings is 2. The molecular formula is C17H10O2. The van der Waals surface area contributed by atoms with Crippen LogP contribution in [-0.4, -0.2) is 5.78 Å². The Morgan fingerprint density at radius 2 is 1.42 bits per heavy atom. The molecule has 0 unspecified atom stereocenters. The molecule has 0 aliphatic heterocycles. The van der Waals surface area contributed by atoms with Crippen molar-refractivity contribution < 1.29 is 9.21 Å². The van der Waals surface area contributed by atoms with Gasteiger partial charge in [-0.15, -0.1) is 0 Å². The van der Waals surface area contributed by atoms with Gasteiger partial charge in [0.1, 0.15) is 11.5 Å². The van der Waals surface area contributed by atoms with Crippen molar-refractivity contribution in [2.75, 3.05) is 0 Å². The van der Waals surface area contributed by atoms with Crippen LogP contribution in [0.25, 0.3) is 22.6 Å². The third-order valence-electron chi connectivity index (χ3n) is 3.45. The number of carbonyl (C=O) groups is 1. The molecule has 90 valence electrons. The highest BCUT2D eigenvalue weighted by Gasteiger charge is 2.30. The van der Waals surface area contributed by atoms with Crippen LogP contribution >= 0.6 is 0 Å². The maximum Gasteiger partial charge on any atom is 0.197 e. The van der Waals surface area contributed by atoms with Gasteiger partial charge in [-0.05, 0) is 6.07 Å². The summed E-state index contributed by atoms with van der Waals surface area (Å²) in [5.41, 5.74) is 3.28. The number of hydrogen-bond acceptors (Lipinski definition) is 2. The minimum absolute atomic E-state index is 0.0523. The molecule has 19 heavy (non-hydrogen) atoms. The molecule has 1 aromatic heterocycles. The van der Waals surface area contributed by atoms with Crippen LogP contribution in [0.5, 0.6) is 0 Å². The van der Waals surface area contributed by atoms with E-state index in [0.29, 0.717) is 11.3 Å². The molecule has 1 aliphatic carbocycles. The average Bonchev–Trinajstić information content (AvgIpc) is 3.01. The molecule has 3 aromatic rings. The molecule has 0 saturated heterocycles. The topological polar surface area (TPSA) is 30.2 Å². The molecule has 2 nitrogen and oxygen atoms in total. The summed E-state index contributed by atoms with van der Waals surface area (Å²) in [6.45, 7) is 0. The average molecular weight is 246 g/mol. The Hall–Kier alpha value is -2.61. The molecule has 0 radical (unpaired) electrons. The number of ketones is 1. The summed E-state index contributed by atoms with van der Waals surface area (Å²) < 4.78 is 5.89. The molecule has 0 bridgehead atoms. The zero-order valence-corrected chi connectivity index (χ0v) is 10.1. The van der Waals surface area contributed by atoms with Crippen LogP contribution < -0.4 is 0 Å². The second kappa shape index (κ2) is 3.69. The largest absolute Gasteiger partial charge is 0.455 e. The predicted molar refractivity (Wildman–Crippen MR) is 73.0 cm³/mol. The summed E-state index contributed by atoms with van der Waals surface area (Å²) >= 11 is 0. The molecule has 0 N–H and O–H groups in total. The second-order valence-electron chi connectivity index (χ2n) is 4.59. The van der Waals surface area contributed by atoms with Crippen molar-refractivity contribution in [1.82, 2.24) is 0 Å². The van der Waals surface area contributed by atoms with E-state index in [2.05, 4.69) is 0 Å². The Balaban J connectivity index is 1.93. The van der Waals surface area contributed by atoms with Crippen LogP contribution in [0.15, 0.2) is 65.1 Å². The Bertz CT molecular complexity index is 782. The van der Waals surface area contributed by atoms with Gasteiger partial charge in [-0.3, -0.25) is 4.79 Å². The minimum atomic E-state index is 0.0523. The first-order chi connectivity index (χ1) is 9.34. The van der Waals surface area contributed by atoms with Crippen molar-refractivity contribution in [3.8, 4) is 22.6 Å². The minimum Gasteiger partial charge on any atom is -0.455 e. The lowest BCUT2D eigenvalue weighted by Gasteiger charge is -1.98. The van der Waals surface area contributed by atoms with E-state index in [9.17, 15) is 4.79 Å². The Kier molecular flexibility index (Phi) is 2.00. The standard InChI is InChI=1S/C17H10O2/c18-16-12-8-4-5-9-13(12)17-14(16)10-15(19-17)11-6-2-1-3-7-11/h1-10H. The maximum atomic E-state index is 12.3. The van der Waals surface area contributed by atoms with E-state index in [1.165, 1.54) is 0 Å². The first kappa shape index (κ1) is 10.3. The lowest BCUT2D eigenvalue weighted by atomic mass is 10.1. The number of rotatable bonds is 1. The summed E-state index contributed by atoms with van der Waals surface area (Å²) in [5.74, 6) is 1.49. The molecule has 4 rings (SSSR count). The van der Waals surface area contributed by atoms with Crippen LogP contribution in [0.2, 0.25) is 0 Å². The van der Waals surface area contributed by atoms with E-state index in [1.54, 1.807) is 0 Å². The lowest BCUT2D eigenvalue weighted by molar-refractivity contribution is 0.104. The fourth-order valence-electron chi connectivity index (χ4n) is 2.53. The Morgan fingerprint density at radius 1 is 0.737 bits per heavy atom. The number of hydrogen-bond donors (Lipinski definition) is 0. The molecule has 0 spiro atoms. The SMILES string of the molecule is O=C1c2ccccc2-c2oc(-c3ccccc3)cc21. The van der Waals surface area contributed by atoms with Gasteiger partial charge >= 0.3 is 0 Å². The normalized spacial score (nSPS) is 12.3. The van der Waals surface area contributed by atoms with Crippen molar-refractivity contribution in [1.29, 1.82) is 0 Å². The van der Waals surface area contributed by atoms with Gasteiger partial charge in [0.15, 0.2) is 5.78 Å². The van der Waals surface area contributed by atoms with Crippen molar-refractivity contribution in [2.45, 2.75) is 0 Å². The zero-order valence-electron chi connectivity index (χ0n) is 10.1. The fourth-order valence-corrected chi connectivity index (χ4v) is 2.53. The van der Waals surface area contributed by atoms with E-state index < -0.39 is 0 Å². The highest BCUT2D eigenvalue weighted by Crippen LogP contribution is 2.40. The molecule has 2 aromatic carbocycles. The first-order valence-corrected chi connectivity index (χ1v) is 6.18. The van der Waals surface area contributed by atoms with Crippen LogP contribution in [-0.2, 0) is 0 Å².